The summed E-state index contributed by atoms with van der Waals surface area (Å²) in [7, 11) is 3.03. The van der Waals surface area contributed by atoms with Crippen LogP contribution in [-0.2, 0) is 31.1 Å². The zero-order chi connectivity index (χ0) is 36.8. The lowest BCUT2D eigenvalue weighted by Crippen LogP contribution is -2.47. The number of anilines is 1. The van der Waals surface area contributed by atoms with E-state index in [1.807, 2.05) is 20.8 Å². The Balaban J connectivity index is 1.74. The molecule has 0 radical (unpaired) electrons. The summed E-state index contributed by atoms with van der Waals surface area (Å²) >= 11 is 12.5. The number of nitrogens with two attached hydrogens (primary N) is 1. The first-order valence-electron chi connectivity index (χ1n) is 16.2. The van der Waals surface area contributed by atoms with E-state index in [2.05, 4.69) is 15.6 Å². The molecule has 270 valence electrons. The third-order valence-electron chi connectivity index (χ3n) is 8.60. The number of aliphatic imine (C=N–C) groups is 1. The van der Waals surface area contributed by atoms with Crippen molar-refractivity contribution < 1.29 is 32.6 Å². The summed E-state index contributed by atoms with van der Waals surface area (Å²) in [5.41, 5.74) is 5.26. The van der Waals surface area contributed by atoms with Gasteiger partial charge in [0.1, 0.15) is 30.0 Å². The largest absolute Gasteiger partial charge is 0.495 e. The van der Waals surface area contributed by atoms with E-state index in [9.17, 15) is 9.59 Å². The number of amides is 1. The molecule has 0 aliphatic carbocycles. The Morgan fingerprint density at radius 2 is 1.86 bits per heavy atom. The molecule has 1 aliphatic rings. The van der Waals surface area contributed by atoms with E-state index in [0.717, 1.165) is 5.56 Å². The van der Waals surface area contributed by atoms with Gasteiger partial charge in [-0.05, 0) is 60.2 Å². The molecule has 0 spiro atoms. The average Bonchev–Trinajstić information content (AvgIpc) is 3.35. The van der Waals surface area contributed by atoms with Gasteiger partial charge in [-0.25, -0.2) is 8.78 Å². The van der Waals surface area contributed by atoms with Crippen LogP contribution in [0.5, 0.6) is 5.75 Å². The van der Waals surface area contributed by atoms with Gasteiger partial charge < -0.3 is 30.6 Å². The van der Waals surface area contributed by atoms with Crippen molar-refractivity contribution in [3.05, 3.63) is 93.0 Å². The Morgan fingerprint density at radius 3 is 2.50 bits per heavy atom. The van der Waals surface area contributed by atoms with Crippen molar-refractivity contribution in [2.75, 3.05) is 32.7 Å². The van der Waals surface area contributed by atoms with Crippen LogP contribution in [0.1, 0.15) is 56.7 Å². The maximum atomic E-state index is 16.1. The van der Waals surface area contributed by atoms with Crippen LogP contribution in [0.25, 0.3) is 0 Å². The van der Waals surface area contributed by atoms with Crippen molar-refractivity contribution in [3.8, 4) is 5.75 Å². The number of halogens is 4. The number of hydrogen-bond donors (Lipinski definition) is 3. The Bertz CT molecular complexity index is 1720. The minimum atomic E-state index is -1.36. The third kappa shape index (κ3) is 8.81. The van der Waals surface area contributed by atoms with Gasteiger partial charge in [0.15, 0.2) is 0 Å². The third-order valence-corrected chi connectivity index (χ3v) is 9.12. The summed E-state index contributed by atoms with van der Waals surface area (Å²) in [6.45, 7) is 8.02. The topological polar surface area (TPSA) is 124 Å². The van der Waals surface area contributed by atoms with Gasteiger partial charge in [0, 0.05) is 35.8 Å². The smallest absolute Gasteiger partial charge is 0.322 e. The molecule has 4 rings (SSSR count). The van der Waals surface area contributed by atoms with Crippen molar-refractivity contribution in [1.29, 1.82) is 0 Å². The lowest BCUT2D eigenvalue weighted by Gasteiger charge is -2.40. The highest BCUT2D eigenvalue weighted by atomic mass is 35.5. The molecule has 3 aromatic carbocycles. The highest BCUT2D eigenvalue weighted by Gasteiger charge is 2.59. The normalized spacial score (nSPS) is 21.3. The first-order valence-corrected chi connectivity index (χ1v) is 16.9. The van der Waals surface area contributed by atoms with Crippen LogP contribution in [-0.4, -0.2) is 63.6 Å². The molecule has 4 N–H and O–H groups in total. The Hall–Kier alpha value is -3.61. The van der Waals surface area contributed by atoms with Crippen LogP contribution in [0.2, 0.25) is 10.0 Å². The highest BCUT2D eigenvalue weighted by Crippen LogP contribution is 2.52. The molecular weight excluding hydrogens is 689 g/mol. The molecule has 0 saturated carbocycles. The monoisotopic (exact) mass is 732 g/mol. The second-order valence-electron chi connectivity index (χ2n) is 13.6. The average molecular weight is 734 g/mol. The van der Waals surface area contributed by atoms with Crippen LogP contribution in [0.4, 0.5) is 14.5 Å². The van der Waals surface area contributed by atoms with E-state index < -0.39 is 53.0 Å². The van der Waals surface area contributed by atoms with Crippen LogP contribution < -0.4 is 21.1 Å². The summed E-state index contributed by atoms with van der Waals surface area (Å²) in [5, 5.41) is 6.48. The van der Waals surface area contributed by atoms with Crippen molar-refractivity contribution in [1.82, 2.24) is 5.32 Å². The Labute approximate surface area is 301 Å². The molecule has 5 atom stereocenters. The zero-order valence-electron chi connectivity index (χ0n) is 29.0. The fraction of sp³-hybridized carbons (Fsp3) is 0.432. The van der Waals surface area contributed by atoms with Gasteiger partial charge in [-0.3, -0.25) is 14.6 Å². The van der Waals surface area contributed by atoms with Gasteiger partial charge in [-0.1, -0.05) is 68.2 Å². The number of hydrogen-bond acceptors (Lipinski definition) is 8. The second kappa shape index (κ2) is 16.6. The molecule has 1 fully saturated rings. The second-order valence-corrected chi connectivity index (χ2v) is 14.4. The first kappa shape index (κ1) is 39.2. The number of benzene rings is 3. The number of nitrogens with one attached hydrogen (secondary N) is 2. The van der Waals surface area contributed by atoms with E-state index in [-0.39, 0.29) is 46.4 Å². The fourth-order valence-corrected chi connectivity index (χ4v) is 6.86. The summed E-state index contributed by atoms with van der Waals surface area (Å²) in [6.07, 6.45) is 2.07. The molecule has 1 amide bonds. The molecule has 1 heterocycles. The van der Waals surface area contributed by atoms with E-state index in [1.54, 1.807) is 55.7 Å². The van der Waals surface area contributed by atoms with Crippen molar-refractivity contribution in [3.63, 3.8) is 0 Å². The molecule has 1 saturated heterocycles. The molecule has 0 bridgehead atoms. The van der Waals surface area contributed by atoms with Crippen LogP contribution in [0, 0.1) is 17.0 Å². The highest BCUT2D eigenvalue weighted by molar-refractivity contribution is 6.31. The number of esters is 1. The summed E-state index contributed by atoms with van der Waals surface area (Å²) < 4.78 is 48.5. The predicted octanol–water partition coefficient (Wildman–Crippen LogP) is 6.82. The first-order chi connectivity index (χ1) is 23.6. The number of carbonyl (C=O) groups excluding carboxylic acids is 2. The molecule has 3 aromatic rings. The van der Waals surface area contributed by atoms with Gasteiger partial charge in [0.2, 0.25) is 5.91 Å². The van der Waals surface area contributed by atoms with Crippen LogP contribution in [0.3, 0.4) is 0 Å². The minimum absolute atomic E-state index is 0.0504. The van der Waals surface area contributed by atoms with Gasteiger partial charge in [-0.15, -0.1) is 0 Å². The molecule has 1 unspecified atom stereocenters. The van der Waals surface area contributed by atoms with Gasteiger partial charge in [0.05, 0.1) is 42.5 Å². The summed E-state index contributed by atoms with van der Waals surface area (Å²) in [6, 6.07) is 11.7. The van der Waals surface area contributed by atoms with Gasteiger partial charge >= 0.3 is 5.97 Å². The number of nitrogens with zero attached hydrogens (tertiary/aromatic N) is 1. The minimum Gasteiger partial charge on any atom is -0.495 e. The van der Waals surface area contributed by atoms with E-state index in [1.165, 1.54) is 26.2 Å². The fourth-order valence-electron chi connectivity index (χ4n) is 6.52. The molecule has 1 aliphatic heterocycles. The lowest BCUT2D eigenvalue weighted by molar-refractivity contribution is -0.146. The number of methoxy groups -OCH3 is 1. The van der Waals surface area contributed by atoms with Crippen LogP contribution in [0.15, 0.2) is 59.6 Å². The molecule has 0 aromatic heterocycles. The molecule has 50 heavy (non-hydrogen) atoms. The SMILES string of the molecule is C/N=C\[C@]1(c2ccc(Cl)cc2F)C(CC(C)(C)C)N[C@@H](C(=O)Nc2ccc(COCCOC(=O)[C@@H](C)N)cc2OC)[C@@H]1c1cccc(Cl)c1F. The molecule has 13 heteroatoms. The standard InChI is InChI=1S/C37H44Cl2F2N4O5/c1-21(42)35(47)50-15-14-49-19-22-10-13-28(29(16-22)48-6)44-34(46)33-31(24-8-7-9-26(39)32(24)41)37(20-43-5,30(45-33)18-36(2,3)4)25-12-11-23(38)17-27(25)40/h7-13,16-17,20-21,30-31,33,45H,14-15,18-19,42H2,1-6H3,(H,44,46)/b43-20-/t21-,30?,31+,33-,37+/m1/s1. The number of carbonyl (C=O) groups is 2. The summed E-state index contributed by atoms with van der Waals surface area (Å²) in [4.78, 5) is 30.4. The summed E-state index contributed by atoms with van der Waals surface area (Å²) in [5.74, 6) is -3.02. The number of rotatable bonds is 13. The van der Waals surface area contributed by atoms with Crippen molar-refractivity contribution >= 4 is 47.0 Å². The van der Waals surface area contributed by atoms with Crippen LogP contribution >= 0.6 is 23.2 Å². The maximum absolute atomic E-state index is 16.1. The quantitative estimate of drug-likeness (QED) is 0.100. The predicted molar refractivity (Wildman–Crippen MR) is 192 cm³/mol. The lowest BCUT2D eigenvalue weighted by atomic mass is 9.62. The van der Waals surface area contributed by atoms with E-state index >= 15 is 8.78 Å². The van der Waals surface area contributed by atoms with E-state index in [4.69, 9.17) is 43.1 Å². The molecule has 9 nitrogen and oxygen atoms in total. The van der Waals surface area contributed by atoms with E-state index in [0.29, 0.717) is 17.9 Å². The van der Waals surface area contributed by atoms with Gasteiger partial charge in [0.25, 0.3) is 0 Å². The number of ether oxygens (including phenoxy) is 3. The Kier molecular flexibility index (Phi) is 13.0. The molecular formula is C37H44Cl2F2N4O5. The maximum Gasteiger partial charge on any atom is 0.322 e. The van der Waals surface area contributed by atoms with Crippen molar-refractivity contribution in [2.45, 2.75) is 70.2 Å². The zero-order valence-corrected chi connectivity index (χ0v) is 30.5. The Morgan fingerprint density at radius 1 is 1.12 bits per heavy atom. The van der Waals surface area contributed by atoms with Crippen molar-refractivity contribution in [2.24, 2.45) is 16.1 Å². The van der Waals surface area contributed by atoms with Gasteiger partial charge in [-0.2, -0.15) is 0 Å².